The minimum Gasteiger partial charge on any atom is -0.267 e. The van der Waals surface area contributed by atoms with Crippen molar-refractivity contribution in [2.45, 2.75) is 78.8 Å². The second kappa shape index (κ2) is 6.90. The first-order chi connectivity index (χ1) is 14.5. The molecule has 2 aromatic carbocycles. The van der Waals surface area contributed by atoms with Crippen molar-refractivity contribution in [3.8, 4) is 11.1 Å². The number of fused-ring (bicyclic) bond motifs is 2. The van der Waals surface area contributed by atoms with Gasteiger partial charge in [0.05, 0.1) is 15.2 Å². The molecular formula is C27H38NOSi3. The maximum atomic E-state index is 12.5. The van der Waals surface area contributed by atoms with Gasteiger partial charge in [0.2, 0.25) is 0 Å². The second-order valence-corrected chi connectivity index (χ2v) is 39.9. The van der Waals surface area contributed by atoms with E-state index in [1.165, 1.54) is 43.8 Å². The molecule has 2 nitrogen and oxygen atoms in total. The highest BCUT2D eigenvalue weighted by atomic mass is 29.6. The lowest BCUT2D eigenvalue weighted by atomic mass is 9.82. The summed E-state index contributed by atoms with van der Waals surface area (Å²) in [4.78, 5) is 12.5. The van der Waals surface area contributed by atoms with Crippen LogP contribution in [-0.4, -0.2) is 28.2 Å². The largest absolute Gasteiger partial charge is 0.269 e. The van der Waals surface area contributed by atoms with E-state index in [9.17, 15) is 4.79 Å². The van der Waals surface area contributed by atoms with E-state index >= 15 is 0 Å². The van der Waals surface area contributed by atoms with Crippen molar-refractivity contribution in [1.29, 1.82) is 0 Å². The molecule has 1 amide bonds. The Morgan fingerprint density at radius 1 is 0.906 bits per heavy atom. The molecule has 1 aliphatic heterocycles. The molecule has 169 valence electrons. The molecule has 0 fully saturated rings. The van der Waals surface area contributed by atoms with Crippen LogP contribution in [0.3, 0.4) is 0 Å². The molecule has 2 aliphatic rings. The average molecular weight is 477 g/mol. The first kappa shape index (κ1) is 23.5. The van der Waals surface area contributed by atoms with Crippen LogP contribution in [0.2, 0.25) is 39.3 Å². The lowest BCUT2D eigenvalue weighted by Crippen LogP contribution is -2.68. The maximum Gasteiger partial charge on any atom is 0.269 e. The molecule has 0 atom stereocenters. The van der Waals surface area contributed by atoms with Crippen molar-refractivity contribution in [3.63, 3.8) is 0 Å². The molecule has 1 N–H and O–H groups in total. The van der Waals surface area contributed by atoms with Crippen LogP contribution in [0.15, 0.2) is 29.8 Å². The number of allylic oxidation sites excluding steroid dienone is 1. The zero-order valence-electron chi connectivity index (χ0n) is 21.5. The zero-order valence-corrected chi connectivity index (χ0v) is 24.5. The fraction of sp³-hybridized carbons (Fsp3) is 0.444. The Morgan fingerprint density at radius 3 is 2.06 bits per heavy atom. The van der Waals surface area contributed by atoms with E-state index in [2.05, 4.69) is 91.3 Å². The van der Waals surface area contributed by atoms with Gasteiger partial charge in [-0.15, -0.1) is 0 Å². The average Bonchev–Trinajstić information content (AvgIpc) is 3.08. The standard InChI is InChI=1S/C27H38NOSi3/c1-17-13-18-15-19(27(2,3)4)16-23(22(18)14-17)20-11-12-21(26(28)29)25-24(20)30(5,6)32(9,10)31(25,7)8/h11-13,15-16,28H,14H2,1-10H3. The van der Waals surface area contributed by atoms with Gasteiger partial charge in [-0.05, 0) is 52.6 Å². The summed E-state index contributed by atoms with van der Waals surface area (Å²) >= 11 is 0. The third-order valence-electron chi connectivity index (χ3n) is 9.12. The Kier molecular flexibility index (Phi) is 5.06. The molecule has 1 heterocycles. The number of hydrogen-bond acceptors (Lipinski definition) is 1. The van der Waals surface area contributed by atoms with Gasteiger partial charge in [0.15, 0.2) is 0 Å². The van der Waals surface area contributed by atoms with Crippen molar-refractivity contribution in [3.05, 3.63) is 52.1 Å². The molecule has 0 spiro atoms. The summed E-state index contributed by atoms with van der Waals surface area (Å²) in [5.74, 6) is -0.504. The van der Waals surface area contributed by atoms with Gasteiger partial charge in [-0.2, -0.15) is 0 Å². The second-order valence-electron chi connectivity index (χ2n) is 12.6. The van der Waals surface area contributed by atoms with E-state index in [1.807, 2.05) is 6.07 Å². The van der Waals surface area contributed by atoms with Gasteiger partial charge in [-0.25, -0.2) is 0 Å². The zero-order chi connectivity index (χ0) is 24.0. The predicted molar refractivity (Wildman–Crippen MR) is 147 cm³/mol. The van der Waals surface area contributed by atoms with Crippen molar-refractivity contribution >= 4 is 44.6 Å². The van der Waals surface area contributed by atoms with Crippen LogP contribution in [0.25, 0.3) is 17.2 Å². The third-order valence-corrected chi connectivity index (χ3v) is 50.7. The first-order valence-corrected chi connectivity index (χ1v) is 22.8. The van der Waals surface area contributed by atoms with Crippen LogP contribution in [-0.2, 0) is 11.8 Å². The molecule has 1 radical (unpaired) electrons. The monoisotopic (exact) mass is 476 g/mol. The highest BCUT2D eigenvalue weighted by molar-refractivity contribution is 7.76. The van der Waals surface area contributed by atoms with Crippen LogP contribution in [0.4, 0.5) is 0 Å². The van der Waals surface area contributed by atoms with Gasteiger partial charge in [-0.1, -0.05) is 100 Å². The predicted octanol–water partition coefficient (Wildman–Crippen LogP) is 5.74. The maximum absolute atomic E-state index is 12.5. The number of hydrogen-bond donors (Lipinski definition) is 0. The van der Waals surface area contributed by atoms with E-state index in [0.29, 0.717) is 5.56 Å². The molecule has 5 heteroatoms. The Balaban J connectivity index is 2.14. The molecule has 0 aromatic heterocycles. The van der Waals surface area contributed by atoms with Crippen LogP contribution in [0.1, 0.15) is 54.7 Å². The van der Waals surface area contributed by atoms with Crippen molar-refractivity contribution in [2.75, 3.05) is 0 Å². The van der Waals surface area contributed by atoms with E-state index in [-0.39, 0.29) is 5.41 Å². The number of nitrogens with one attached hydrogen (secondary N) is 1. The van der Waals surface area contributed by atoms with E-state index < -0.39 is 28.2 Å². The Labute approximate surface area is 196 Å². The number of rotatable bonds is 2. The number of benzene rings is 2. The lowest BCUT2D eigenvalue weighted by Gasteiger charge is -2.40. The number of carbonyl (C=O) groups excluding carboxylic acids is 1. The van der Waals surface area contributed by atoms with Crippen LogP contribution >= 0.6 is 0 Å². The van der Waals surface area contributed by atoms with Crippen molar-refractivity contribution in [1.82, 2.24) is 5.73 Å². The SMILES string of the molecule is CC1=Cc2cc(C(C)(C)C)cc(-c3ccc(C([NH])=O)c4c3[Si](C)(C)[Si](C)(C)[Si]4(C)C)c2C1. The van der Waals surface area contributed by atoms with Gasteiger partial charge in [0.1, 0.15) is 0 Å². The van der Waals surface area contributed by atoms with Gasteiger partial charge in [-0.3, -0.25) is 10.5 Å². The highest BCUT2D eigenvalue weighted by Gasteiger charge is 2.62. The molecule has 4 rings (SSSR count). The normalized spacial score (nSPS) is 20.0. The minimum atomic E-state index is -1.84. The van der Waals surface area contributed by atoms with Crippen molar-refractivity contribution < 1.29 is 4.79 Å². The third kappa shape index (κ3) is 3.04. The number of amides is 1. The Morgan fingerprint density at radius 2 is 1.50 bits per heavy atom. The van der Waals surface area contributed by atoms with Crippen LogP contribution < -0.4 is 16.1 Å². The van der Waals surface area contributed by atoms with Gasteiger partial charge >= 0.3 is 0 Å². The highest BCUT2D eigenvalue weighted by Crippen LogP contribution is 2.42. The molecule has 2 aromatic rings. The Hall–Kier alpha value is -1.70. The molecule has 0 saturated heterocycles. The van der Waals surface area contributed by atoms with Crippen molar-refractivity contribution in [2.24, 2.45) is 0 Å². The molecular weight excluding hydrogens is 439 g/mol. The summed E-state index contributed by atoms with van der Waals surface area (Å²) in [5.41, 5.74) is 17.2. The molecule has 0 bridgehead atoms. The molecule has 1 aliphatic carbocycles. The summed E-state index contributed by atoms with van der Waals surface area (Å²) in [6.45, 7) is 24.3. The van der Waals surface area contributed by atoms with Gasteiger partial charge < -0.3 is 0 Å². The van der Waals surface area contributed by atoms with E-state index in [1.54, 1.807) is 0 Å². The lowest BCUT2D eigenvalue weighted by molar-refractivity contribution is 0.0993. The summed E-state index contributed by atoms with van der Waals surface area (Å²) in [6.07, 6.45) is 3.36. The summed E-state index contributed by atoms with van der Waals surface area (Å²) in [5, 5.41) is 2.85. The fourth-order valence-electron chi connectivity index (χ4n) is 6.01. The summed E-state index contributed by atoms with van der Waals surface area (Å²) in [7, 11) is -5.23. The molecule has 0 unspecified atom stereocenters. The van der Waals surface area contributed by atoms with E-state index in [4.69, 9.17) is 5.73 Å². The van der Waals surface area contributed by atoms with Gasteiger partial charge in [0, 0.05) is 12.7 Å². The summed E-state index contributed by atoms with van der Waals surface area (Å²) < 4.78 is 0. The van der Waals surface area contributed by atoms with Crippen LogP contribution in [0.5, 0.6) is 0 Å². The smallest absolute Gasteiger partial charge is 0.267 e. The first-order valence-electron chi connectivity index (χ1n) is 11.8. The number of carbonyl (C=O) groups is 1. The van der Waals surface area contributed by atoms with Gasteiger partial charge in [0.25, 0.3) is 5.91 Å². The fourth-order valence-corrected chi connectivity index (χ4v) is 41.0. The molecule has 32 heavy (non-hydrogen) atoms. The minimum absolute atomic E-state index is 0.0728. The Bertz CT molecular complexity index is 1200. The topological polar surface area (TPSA) is 40.9 Å². The quantitative estimate of drug-likeness (QED) is 0.509. The summed E-state index contributed by atoms with van der Waals surface area (Å²) in [6, 6.07) is 9.02. The molecule has 0 saturated carbocycles. The van der Waals surface area contributed by atoms with E-state index in [0.717, 1.165) is 6.42 Å². The van der Waals surface area contributed by atoms with Crippen LogP contribution in [0, 0.1) is 0 Å².